The van der Waals surface area contributed by atoms with Gasteiger partial charge >= 0.3 is 0 Å². The van der Waals surface area contributed by atoms with Crippen molar-refractivity contribution in [3.8, 4) is 0 Å². The number of ether oxygens (including phenoxy) is 9. The summed E-state index contributed by atoms with van der Waals surface area (Å²) in [6.45, 7) is 16.2. The number of rotatable bonds is 40. The van der Waals surface area contributed by atoms with Crippen LogP contribution in [-0.2, 0) is 42.6 Å². The first kappa shape index (κ1) is 42.4. The van der Waals surface area contributed by atoms with Gasteiger partial charge in [0.15, 0.2) is 0 Å². The lowest BCUT2D eigenvalue weighted by Gasteiger charge is -2.09. The Hall–Kier alpha value is -0.620. The smallest absolute Gasteiger partial charge is 0.0704 e. The van der Waals surface area contributed by atoms with Crippen LogP contribution in [0.1, 0.15) is 90.4 Å². The maximum absolute atomic E-state index is 5.67. The second-order valence-electron chi connectivity index (χ2n) is 10.5. The van der Waals surface area contributed by atoms with E-state index < -0.39 is 0 Å². The van der Waals surface area contributed by atoms with Gasteiger partial charge < -0.3 is 42.6 Å². The van der Waals surface area contributed by atoms with E-state index in [4.69, 9.17) is 42.6 Å². The van der Waals surface area contributed by atoms with Crippen LogP contribution < -0.4 is 0 Å². The molecule has 0 bridgehead atoms. The quantitative estimate of drug-likeness (QED) is 0.0570. The third-order valence-electron chi connectivity index (χ3n) is 6.60. The Morgan fingerprint density at radius 2 is 0.535 bits per heavy atom. The standard InChI is InChI=1S/C34H68O9/c1-3-5-6-7-8-9-10-11-12-13-14-15-16-18-36-20-22-38-24-26-40-28-30-42-32-34-43-33-31-41-29-27-39-25-23-37-21-19-35-17-4-2/h4H,2-3,5-34H2,1H3. The Bertz CT molecular complexity index is 496. The van der Waals surface area contributed by atoms with Crippen molar-refractivity contribution < 1.29 is 42.6 Å². The molecule has 0 radical (unpaired) electrons. The van der Waals surface area contributed by atoms with E-state index in [1.807, 2.05) is 0 Å². The molecule has 0 atom stereocenters. The van der Waals surface area contributed by atoms with Crippen LogP contribution in [0, 0.1) is 0 Å². The summed E-state index contributed by atoms with van der Waals surface area (Å²) in [5, 5.41) is 0. The van der Waals surface area contributed by atoms with E-state index in [0.717, 1.165) is 13.0 Å². The van der Waals surface area contributed by atoms with Gasteiger partial charge in [-0.2, -0.15) is 0 Å². The highest BCUT2D eigenvalue weighted by Gasteiger charge is 1.97. The molecule has 0 aromatic heterocycles. The van der Waals surface area contributed by atoms with Gasteiger partial charge in [-0.3, -0.25) is 0 Å². The van der Waals surface area contributed by atoms with Crippen molar-refractivity contribution in [2.24, 2.45) is 0 Å². The van der Waals surface area contributed by atoms with Crippen LogP contribution in [0.2, 0.25) is 0 Å². The van der Waals surface area contributed by atoms with Crippen LogP contribution in [0.3, 0.4) is 0 Å². The third-order valence-corrected chi connectivity index (χ3v) is 6.60. The van der Waals surface area contributed by atoms with E-state index >= 15 is 0 Å². The lowest BCUT2D eigenvalue weighted by atomic mass is 10.0. The van der Waals surface area contributed by atoms with Gasteiger partial charge in [0, 0.05) is 6.61 Å². The molecular weight excluding hydrogens is 552 g/mol. The normalized spacial score (nSPS) is 11.5. The fraction of sp³-hybridized carbons (Fsp3) is 0.941. The summed E-state index contributed by atoms with van der Waals surface area (Å²) < 4.78 is 49.2. The highest BCUT2D eigenvalue weighted by Crippen LogP contribution is 2.12. The minimum atomic E-state index is 0.536. The van der Waals surface area contributed by atoms with E-state index in [-0.39, 0.29) is 0 Å². The highest BCUT2D eigenvalue weighted by molar-refractivity contribution is 4.63. The van der Waals surface area contributed by atoms with Gasteiger partial charge in [-0.25, -0.2) is 0 Å². The van der Waals surface area contributed by atoms with E-state index in [9.17, 15) is 0 Å². The number of hydrogen-bond acceptors (Lipinski definition) is 9. The molecule has 0 saturated heterocycles. The minimum absolute atomic E-state index is 0.536. The average molecular weight is 621 g/mol. The molecule has 0 aliphatic carbocycles. The molecule has 0 heterocycles. The van der Waals surface area contributed by atoms with Crippen molar-refractivity contribution in [2.75, 3.05) is 119 Å². The van der Waals surface area contributed by atoms with Crippen molar-refractivity contribution in [1.29, 1.82) is 0 Å². The van der Waals surface area contributed by atoms with Gasteiger partial charge in [0.1, 0.15) is 0 Å². The summed E-state index contributed by atoms with van der Waals surface area (Å²) in [4.78, 5) is 0. The van der Waals surface area contributed by atoms with E-state index in [0.29, 0.717) is 112 Å². The van der Waals surface area contributed by atoms with Gasteiger partial charge in [0.25, 0.3) is 0 Å². The second kappa shape index (κ2) is 41.4. The molecule has 9 heteroatoms. The zero-order valence-corrected chi connectivity index (χ0v) is 27.9. The molecule has 0 spiro atoms. The van der Waals surface area contributed by atoms with Crippen LogP contribution >= 0.6 is 0 Å². The van der Waals surface area contributed by atoms with Gasteiger partial charge in [-0.1, -0.05) is 90.0 Å². The molecule has 0 N–H and O–H groups in total. The molecule has 43 heavy (non-hydrogen) atoms. The van der Waals surface area contributed by atoms with E-state index in [1.54, 1.807) is 6.08 Å². The van der Waals surface area contributed by atoms with Crippen molar-refractivity contribution >= 4 is 0 Å². The van der Waals surface area contributed by atoms with Gasteiger partial charge in [-0.05, 0) is 6.42 Å². The van der Waals surface area contributed by atoms with Crippen LogP contribution in [0.4, 0.5) is 0 Å². The van der Waals surface area contributed by atoms with Crippen LogP contribution in [0.5, 0.6) is 0 Å². The molecule has 0 unspecified atom stereocenters. The first-order valence-corrected chi connectivity index (χ1v) is 17.2. The van der Waals surface area contributed by atoms with Crippen molar-refractivity contribution in [2.45, 2.75) is 90.4 Å². The lowest BCUT2D eigenvalue weighted by Crippen LogP contribution is -2.15. The Morgan fingerprint density at radius 3 is 0.814 bits per heavy atom. The predicted molar refractivity (Wildman–Crippen MR) is 173 cm³/mol. The summed E-state index contributed by atoms with van der Waals surface area (Å²) in [5.41, 5.74) is 0. The maximum Gasteiger partial charge on any atom is 0.0704 e. The summed E-state index contributed by atoms with van der Waals surface area (Å²) in [7, 11) is 0. The highest BCUT2D eigenvalue weighted by atomic mass is 16.6. The van der Waals surface area contributed by atoms with Crippen molar-refractivity contribution in [1.82, 2.24) is 0 Å². The van der Waals surface area contributed by atoms with Gasteiger partial charge in [-0.15, -0.1) is 6.58 Å². The molecule has 0 aromatic carbocycles. The zero-order chi connectivity index (χ0) is 31.0. The summed E-state index contributed by atoms with van der Waals surface area (Å²) in [6.07, 6.45) is 19.6. The topological polar surface area (TPSA) is 83.1 Å². The van der Waals surface area contributed by atoms with Gasteiger partial charge in [0.05, 0.1) is 112 Å². The molecule has 0 saturated carbocycles. The molecule has 0 aromatic rings. The Balaban J connectivity index is 3.03. The summed E-state index contributed by atoms with van der Waals surface area (Å²) in [6, 6.07) is 0. The fourth-order valence-electron chi connectivity index (χ4n) is 4.15. The molecule has 0 aliphatic rings. The molecule has 258 valence electrons. The largest absolute Gasteiger partial charge is 0.379 e. The summed E-state index contributed by atoms with van der Waals surface area (Å²) in [5.74, 6) is 0. The molecule has 9 nitrogen and oxygen atoms in total. The molecule has 0 rings (SSSR count). The van der Waals surface area contributed by atoms with E-state index in [2.05, 4.69) is 13.5 Å². The molecule has 0 amide bonds. The second-order valence-corrected chi connectivity index (χ2v) is 10.5. The number of unbranched alkanes of at least 4 members (excludes halogenated alkanes) is 12. The Morgan fingerprint density at radius 1 is 0.302 bits per heavy atom. The molecular formula is C34H68O9. The van der Waals surface area contributed by atoms with Crippen LogP contribution in [0.15, 0.2) is 12.7 Å². The monoisotopic (exact) mass is 620 g/mol. The minimum Gasteiger partial charge on any atom is -0.379 e. The first-order chi connectivity index (χ1) is 21.4. The number of hydrogen-bond donors (Lipinski definition) is 0. The summed E-state index contributed by atoms with van der Waals surface area (Å²) >= 11 is 0. The van der Waals surface area contributed by atoms with Crippen LogP contribution in [0.25, 0.3) is 0 Å². The SMILES string of the molecule is C=CCOCCOCCOCCOCCOCCOCCOCCOCCOCCCCCCCCCCCCCCC. The van der Waals surface area contributed by atoms with Crippen molar-refractivity contribution in [3.63, 3.8) is 0 Å². The maximum atomic E-state index is 5.67. The molecule has 0 fully saturated rings. The van der Waals surface area contributed by atoms with E-state index in [1.165, 1.54) is 77.0 Å². The average Bonchev–Trinajstić information content (AvgIpc) is 3.02. The lowest BCUT2D eigenvalue weighted by molar-refractivity contribution is -0.0246. The predicted octanol–water partition coefficient (Wildman–Crippen LogP) is 6.41. The van der Waals surface area contributed by atoms with Crippen molar-refractivity contribution in [3.05, 3.63) is 12.7 Å². The molecule has 0 aliphatic heterocycles. The van der Waals surface area contributed by atoms with Crippen LogP contribution in [-0.4, -0.2) is 119 Å². The first-order valence-electron chi connectivity index (χ1n) is 17.2. The third kappa shape index (κ3) is 41.4. The Kier molecular flexibility index (Phi) is 40.8. The van der Waals surface area contributed by atoms with Gasteiger partial charge in [0.2, 0.25) is 0 Å². The fourth-order valence-corrected chi connectivity index (χ4v) is 4.15. The Labute approximate surface area is 264 Å². The zero-order valence-electron chi connectivity index (χ0n) is 27.9.